The highest BCUT2D eigenvalue weighted by atomic mass is 32.1. The minimum atomic E-state index is -0.796. The molecule has 0 saturated carbocycles. The topological polar surface area (TPSA) is 106 Å². The Kier molecular flexibility index (Phi) is 9.50. The molecule has 0 saturated heterocycles. The quantitative estimate of drug-likeness (QED) is 0.257. The smallest absolute Gasteiger partial charge is 0.271 e. The van der Waals surface area contributed by atoms with Crippen LogP contribution >= 0.6 is 11.3 Å². The van der Waals surface area contributed by atoms with E-state index in [4.69, 9.17) is 19.2 Å². The number of carbonyl (C=O) groups excluding carboxylic acids is 1. The minimum absolute atomic E-state index is 0.193. The average Bonchev–Trinajstić information content (AvgIpc) is 3.37. The molecule has 0 radical (unpaired) electrons. The van der Waals surface area contributed by atoms with Gasteiger partial charge in [-0.1, -0.05) is 47.7 Å². The number of carbonyl (C=O) groups is 1. The Hall–Kier alpha value is -5.14. The van der Waals surface area contributed by atoms with Crippen LogP contribution in [0.4, 0.5) is 0 Å². The predicted octanol–water partition coefficient (Wildman–Crippen LogP) is 4.57. The number of para-hydroxylation sites is 1. The zero-order valence-corrected chi connectivity index (χ0v) is 26.7. The molecular weight excluding hydrogens is 588 g/mol. The Labute approximate surface area is 265 Å². The maximum atomic E-state index is 14.3. The van der Waals surface area contributed by atoms with Crippen molar-refractivity contribution in [2.45, 2.75) is 33.4 Å². The number of fused-ring (bicyclic) bond motifs is 1. The van der Waals surface area contributed by atoms with Gasteiger partial charge in [-0.15, -0.1) is 0 Å². The van der Waals surface area contributed by atoms with Gasteiger partial charge in [0.25, 0.3) is 11.5 Å². The van der Waals surface area contributed by atoms with E-state index in [1.807, 2.05) is 56.3 Å². The van der Waals surface area contributed by atoms with Crippen LogP contribution in [0, 0.1) is 11.3 Å². The Morgan fingerprint density at radius 1 is 1.04 bits per heavy atom. The number of hydrogen-bond donors (Lipinski definition) is 0. The molecule has 4 aromatic rings. The average molecular weight is 623 g/mol. The van der Waals surface area contributed by atoms with Gasteiger partial charge < -0.3 is 19.1 Å². The first kappa shape index (κ1) is 31.3. The molecule has 1 aliphatic rings. The summed E-state index contributed by atoms with van der Waals surface area (Å²) in [5.41, 5.74) is 3.27. The summed E-state index contributed by atoms with van der Waals surface area (Å²) in [5, 5.41) is 9.47. The zero-order valence-electron chi connectivity index (χ0n) is 25.9. The van der Waals surface area contributed by atoms with E-state index in [1.54, 1.807) is 61.0 Å². The maximum absolute atomic E-state index is 14.3. The second kappa shape index (κ2) is 13.7. The molecule has 0 aliphatic carbocycles. The van der Waals surface area contributed by atoms with Gasteiger partial charge in [-0.25, -0.2) is 4.99 Å². The van der Waals surface area contributed by atoms with Crippen LogP contribution in [0.1, 0.15) is 49.1 Å². The number of amides is 1. The van der Waals surface area contributed by atoms with Crippen LogP contribution in [0.5, 0.6) is 17.2 Å². The summed E-state index contributed by atoms with van der Waals surface area (Å²) >= 11 is 1.24. The lowest BCUT2D eigenvalue weighted by molar-refractivity contribution is -0.127. The van der Waals surface area contributed by atoms with Crippen molar-refractivity contribution in [2.24, 2.45) is 4.99 Å². The van der Waals surface area contributed by atoms with Gasteiger partial charge >= 0.3 is 0 Å². The second-order valence-corrected chi connectivity index (χ2v) is 11.3. The number of methoxy groups -OCH3 is 2. The molecule has 1 amide bonds. The summed E-state index contributed by atoms with van der Waals surface area (Å²) in [6.07, 6.45) is 1.78. The fourth-order valence-electron chi connectivity index (χ4n) is 5.41. The van der Waals surface area contributed by atoms with Crippen LogP contribution in [0.15, 0.2) is 87.8 Å². The summed E-state index contributed by atoms with van der Waals surface area (Å²) in [7, 11) is 3.13. The molecule has 1 aliphatic heterocycles. The second-order valence-electron chi connectivity index (χ2n) is 10.3. The van der Waals surface area contributed by atoms with E-state index in [-0.39, 0.29) is 18.1 Å². The molecule has 1 atom stereocenters. The van der Waals surface area contributed by atoms with E-state index in [1.165, 1.54) is 11.3 Å². The number of thiazole rings is 1. The van der Waals surface area contributed by atoms with Gasteiger partial charge in [0.15, 0.2) is 4.80 Å². The fraction of sp³-hybridized carbons (Fsp3) is 0.257. The number of likely N-dealkylation sites (N-methyl/N-ethyl adjacent to an activating group) is 1. The lowest BCUT2D eigenvalue weighted by atomic mass is 9.93. The summed E-state index contributed by atoms with van der Waals surface area (Å²) in [6, 6.07) is 21.5. The van der Waals surface area contributed by atoms with Crippen molar-refractivity contribution in [1.82, 2.24) is 9.47 Å². The Morgan fingerprint density at radius 3 is 2.49 bits per heavy atom. The standard InChI is InChI=1S/C35H34N4O5S/c1-6-38(7-2)34(41)31-22(3)37-35-39(32(31)27-19-26(42-4)16-17-29(27)43-5)33(40)30(45-35)18-23-12-10-11-15-28(23)44-21-25-14-9-8-13-24(25)20-36/h8-19,32H,6-7,21H2,1-5H3/b30-18+/t32-/m1/s1. The molecule has 0 N–H and O–H groups in total. The molecule has 9 nitrogen and oxygen atoms in total. The van der Waals surface area contributed by atoms with E-state index in [0.29, 0.717) is 67.6 Å². The number of benzene rings is 3. The van der Waals surface area contributed by atoms with Gasteiger partial charge in [0, 0.05) is 29.8 Å². The van der Waals surface area contributed by atoms with Crippen molar-refractivity contribution < 1.29 is 19.0 Å². The van der Waals surface area contributed by atoms with Crippen molar-refractivity contribution in [3.8, 4) is 23.3 Å². The van der Waals surface area contributed by atoms with Gasteiger partial charge in [0.1, 0.15) is 29.9 Å². The van der Waals surface area contributed by atoms with E-state index >= 15 is 0 Å². The Bertz CT molecular complexity index is 2000. The first-order chi connectivity index (χ1) is 21.8. The predicted molar refractivity (Wildman–Crippen MR) is 173 cm³/mol. The molecule has 45 heavy (non-hydrogen) atoms. The lowest BCUT2D eigenvalue weighted by Crippen LogP contribution is -2.43. The first-order valence-electron chi connectivity index (χ1n) is 14.6. The molecule has 2 heterocycles. The van der Waals surface area contributed by atoms with E-state index in [2.05, 4.69) is 6.07 Å². The number of ether oxygens (including phenoxy) is 3. The number of allylic oxidation sites excluding steroid dienone is 1. The highest BCUT2D eigenvalue weighted by Gasteiger charge is 2.36. The van der Waals surface area contributed by atoms with Gasteiger partial charge in [0.05, 0.1) is 41.7 Å². The highest BCUT2D eigenvalue weighted by molar-refractivity contribution is 7.07. The maximum Gasteiger partial charge on any atom is 0.271 e. The van der Waals surface area contributed by atoms with E-state index < -0.39 is 6.04 Å². The molecule has 5 rings (SSSR count). The number of rotatable bonds is 10. The van der Waals surface area contributed by atoms with E-state index in [9.17, 15) is 14.9 Å². The van der Waals surface area contributed by atoms with Crippen LogP contribution in [-0.4, -0.2) is 42.7 Å². The zero-order chi connectivity index (χ0) is 32.1. The van der Waals surface area contributed by atoms with Crippen molar-refractivity contribution in [3.63, 3.8) is 0 Å². The largest absolute Gasteiger partial charge is 0.497 e. The number of nitrogens with zero attached hydrogens (tertiary/aromatic N) is 4. The minimum Gasteiger partial charge on any atom is -0.497 e. The fourth-order valence-corrected chi connectivity index (χ4v) is 6.44. The van der Waals surface area contributed by atoms with Crippen LogP contribution in [0.3, 0.4) is 0 Å². The van der Waals surface area contributed by atoms with Crippen LogP contribution in [0.25, 0.3) is 6.08 Å². The number of aromatic nitrogens is 1. The van der Waals surface area contributed by atoms with Crippen molar-refractivity contribution in [2.75, 3.05) is 27.3 Å². The third-order valence-corrected chi connectivity index (χ3v) is 8.74. The monoisotopic (exact) mass is 622 g/mol. The van der Waals surface area contributed by atoms with Crippen LogP contribution < -0.4 is 29.1 Å². The van der Waals surface area contributed by atoms with Crippen LogP contribution in [0.2, 0.25) is 0 Å². The summed E-state index contributed by atoms with van der Waals surface area (Å²) in [6.45, 7) is 6.86. The molecule has 0 spiro atoms. The molecule has 3 aromatic carbocycles. The number of nitriles is 1. The number of hydrogen-bond acceptors (Lipinski definition) is 8. The van der Waals surface area contributed by atoms with E-state index in [0.717, 1.165) is 5.56 Å². The molecule has 10 heteroatoms. The van der Waals surface area contributed by atoms with Gasteiger partial charge in [0.2, 0.25) is 0 Å². The SMILES string of the molecule is CCN(CC)C(=O)C1=C(C)N=c2s/c(=C/c3ccccc3OCc3ccccc3C#N)c(=O)n2[C@@H]1c1cc(OC)ccc1OC. The highest BCUT2D eigenvalue weighted by Crippen LogP contribution is 2.38. The Morgan fingerprint density at radius 2 is 1.78 bits per heavy atom. The first-order valence-corrected chi connectivity index (χ1v) is 15.4. The van der Waals surface area contributed by atoms with Crippen molar-refractivity contribution in [1.29, 1.82) is 5.26 Å². The molecular formula is C35H34N4O5S. The van der Waals surface area contributed by atoms with Gasteiger partial charge in [-0.05, 0) is 57.2 Å². The summed E-state index contributed by atoms with van der Waals surface area (Å²) in [5.74, 6) is 1.46. The third-order valence-electron chi connectivity index (χ3n) is 7.76. The summed E-state index contributed by atoms with van der Waals surface area (Å²) in [4.78, 5) is 35.3. The van der Waals surface area contributed by atoms with Gasteiger partial charge in [-0.2, -0.15) is 5.26 Å². The Balaban J connectivity index is 1.66. The van der Waals surface area contributed by atoms with Crippen LogP contribution in [-0.2, 0) is 11.4 Å². The molecule has 0 bridgehead atoms. The lowest BCUT2D eigenvalue weighted by Gasteiger charge is -2.30. The molecule has 230 valence electrons. The van der Waals surface area contributed by atoms with Crippen molar-refractivity contribution in [3.05, 3.63) is 120 Å². The molecule has 0 fully saturated rings. The molecule has 0 unspecified atom stereocenters. The van der Waals surface area contributed by atoms with Crippen molar-refractivity contribution >= 4 is 23.3 Å². The molecule has 1 aromatic heterocycles. The summed E-state index contributed by atoms with van der Waals surface area (Å²) < 4.78 is 19.4. The third kappa shape index (κ3) is 6.12. The van der Waals surface area contributed by atoms with Gasteiger partial charge in [-0.3, -0.25) is 14.2 Å². The normalized spacial score (nSPS) is 14.3.